The summed E-state index contributed by atoms with van der Waals surface area (Å²) in [6.45, 7) is 7.31. The minimum absolute atomic E-state index is 0.743. The van der Waals surface area contributed by atoms with Crippen LogP contribution in [0.5, 0.6) is 5.75 Å². The van der Waals surface area contributed by atoms with Crippen molar-refractivity contribution in [3.05, 3.63) is 29.8 Å². The molecular formula is C14H22O. The Morgan fingerprint density at radius 2 is 1.80 bits per heavy atom. The van der Waals surface area contributed by atoms with E-state index in [2.05, 4.69) is 38.1 Å². The standard InChI is InChI=1S/C14H22O/c1-4-15-14-10-8-13(9-11-14)7-5-6-12(2)3/h8-12H,4-7H2,1-3H3. The monoisotopic (exact) mass is 206 g/mol. The second-order valence-electron chi connectivity index (χ2n) is 4.36. The van der Waals surface area contributed by atoms with Crippen molar-refractivity contribution in [2.75, 3.05) is 6.61 Å². The van der Waals surface area contributed by atoms with Crippen LogP contribution in [0.2, 0.25) is 0 Å². The molecule has 0 aliphatic carbocycles. The molecule has 1 aromatic carbocycles. The van der Waals surface area contributed by atoms with E-state index in [1.54, 1.807) is 0 Å². The molecule has 0 bridgehead atoms. The van der Waals surface area contributed by atoms with Crippen molar-refractivity contribution in [3.8, 4) is 5.75 Å². The first-order chi connectivity index (χ1) is 7.22. The number of rotatable bonds is 6. The molecule has 1 nitrogen and oxygen atoms in total. The first-order valence-corrected chi connectivity index (χ1v) is 5.94. The van der Waals surface area contributed by atoms with Crippen LogP contribution in [-0.2, 0) is 6.42 Å². The maximum Gasteiger partial charge on any atom is 0.119 e. The topological polar surface area (TPSA) is 9.23 Å². The minimum Gasteiger partial charge on any atom is -0.494 e. The molecule has 0 atom stereocenters. The number of hydrogen-bond acceptors (Lipinski definition) is 1. The van der Waals surface area contributed by atoms with E-state index in [1.807, 2.05) is 6.92 Å². The molecule has 1 heteroatoms. The fraction of sp³-hybridized carbons (Fsp3) is 0.571. The molecule has 0 radical (unpaired) electrons. The smallest absolute Gasteiger partial charge is 0.119 e. The number of ether oxygens (including phenoxy) is 1. The third kappa shape index (κ3) is 4.87. The van der Waals surface area contributed by atoms with E-state index in [4.69, 9.17) is 4.74 Å². The van der Waals surface area contributed by atoms with E-state index in [0.29, 0.717) is 0 Å². The fourth-order valence-electron chi connectivity index (χ4n) is 1.63. The number of hydrogen-bond donors (Lipinski definition) is 0. The normalized spacial score (nSPS) is 10.7. The van der Waals surface area contributed by atoms with Crippen LogP contribution >= 0.6 is 0 Å². The average molecular weight is 206 g/mol. The van der Waals surface area contributed by atoms with Crippen LogP contribution in [-0.4, -0.2) is 6.61 Å². The molecule has 0 saturated carbocycles. The number of benzene rings is 1. The van der Waals surface area contributed by atoms with Crippen LogP contribution in [0.25, 0.3) is 0 Å². The molecule has 0 N–H and O–H groups in total. The summed E-state index contributed by atoms with van der Waals surface area (Å²) in [5, 5.41) is 0. The van der Waals surface area contributed by atoms with E-state index in [1.165, 1.54) is 24.8 Å². The maximum atomic E-state index is 5.40. The Labute approximate surface area is 93.5 Å². The Balaban J connectivity index is 2.36. The molecular weight excluding hydrogens is 184 g/mol. The van der Waals surface area contributed by atoms with Gasteiger partial charge in [-0.25, -0.2) is 0 Å². The van der Waals surface area contributed by atoms with Crippen LogP contribution in [0.3, 0.4) is 0 Å². The van der Waals surface area contributed by atoms with Gasteiger partial charge in [0, 0.05) is 0 Å². The van der Waals surface area contributed by atoms with Crippen LogP contribution in [0.4, 0.5) is 0 Å². The second-order valence-corrected chi connectivity index (χ2v) is 4.36. The summed E-state index contributed by atoms with van der Waals surface area (Å²) in [4.78, 5) is 0. The Kier molecular flexibility index (Phi) is 5.23. The highest BCUT2D eigenvalue weighted by Crippen LogP contribution is 2.15. The molecule has 0 aliphatic heterocycles. The highest BCUT2D eigenvalue weighted by molar-refractivity contribution is 5.27. The summed E-state index contributed by atoms with van der Waals surface area (Å²) in [6.07, 6.45) is 3.78. The van der Waals surface area contributed by atoms with E-state index in [0.717, 1.165) is 18.3 Å². The van der Waals surface area contributed by atoms with Gasteiger partial charge in [-0.05, 0) is 43.4 Å². The first-order valence-electron chi connectivity index (χ1n) is 5.94. The fourth-order valence-corrected chi connectivity index (χ4v) is 1.63. The molecule has 15 heavy (non-hydrogen) atoms. The molecule has 0 aromatic heterocycles. The third-order valence-electron chi connectivity index (χ3n) is 2.48. The zero-order chi connectivity index (χ0) is 11.1. The van der Waals surface area contributed by atoms with Gasteiger partial charge in [0.05, 0.1) is 6.61 Å². The molecule has 0 unspecified atom stereocenters. The van der Waals surface area contributed by atoms with Gasteiger partial charge in [0.2, 0.25) is 0 Å². The summed E-state index contributed by atoms with van der Waals surface area (Å²) in [6, 6.07) is 8.47. The number of aryl methyl sites for hydroxylation is 1. The van der Waals surface area contributed by atoms with Gasteiger partial charge < -0.3 is 4.74 Å². The molecule has 84 valence electrons. The van der Waals surface area contributed by atoms with E-state index >= 15 is 0 Å². The maximum absolute atomic E-state index is 5.40. The SMILES string of the molecule is CCOc1ccc(CCCC(C)C)cc1. The molecule has 0 spiro atoms. The zero-order valence-corrected chi connectivity index (χ0v) is 10.1. The zero-order valence-electron chi connectivity index (χ0n) is 10.1. The Morgan fingerprint density at radius 3 is 2.33 bits per heavy atom. The van der Waals surface area contributed by atoms with Gasteiger partial charge in [-0.1, -0.05) is 32.4 Å². The van der Waals surface area contributed by atoms with Crippen molar-refractivity contribution in [3.63, 3.8) is 0 Å². The van der Waals surface area contributed by atoms with Gasteiger partial charge in [-0.2, -0.15) is 0 Å². The average Bonchev–Trinajstić information content (AvgIpc) is 2.20. The van der Waals surface area contributed by atoms with Crippen molar-refractivity contribution in [2.24, 2.45) is 5.92 Å². The lowest BCUT2D eigenvalue weighted by molar-refractivity contribution is 0.340. The Hall–Kier alpha value is -0.980. The van der Waals surface area contributed by atoms with Crippen LogP contribution in [0.1, 0.15) is 39.2 Å². The lowest BCUT2D eigenvalue weighted by Gasteiger charge is -2.06. The Bertz CT molecular complexity index is 261. The van der Waals surface area contributed by atoms with Gasteiger partial charge in [-0.3, -0.25) is 0 Å². The second kappa shape index (κ2) is 6.49. The lowest BCUT2D eigenvalue weighted by Crippen LogP contribution is -1.93. The summed E-state index contributed by atoms with van der Waals surface area (Å²) >= 11 is 0. The summed E-state index contributed by atoms with van der Waals surface area (Å²) in [5.74, 6) is 1.79. The van der Waals surface area contributed by atoms with Gasteiger partial charge in [0.25, 0.3) is 0 Å². The van der Waals surface area contributed by atoms with E-state index in [-0.39, 0.29) is 0 Å². The van der Waals surface area contributed by atoms with E-state index < -0.39 is 0 Å². The predicted octanol–water partition coefficient (Wildman–Crippen LogP) is 4.06. The highest BCUT2D eigenvalue weighted by atomic mass is 16.5. The van der Waals surface area contributed by atoms with Gasteiger partial charge in [0.1, 0.15) is 5.75 Å². The van der Waals surface area contributed by atoms with Crippen molar-refractivity contribution < 1.29 is 4.74 Å². The Morgan fingerprint density at radius 1 is 1.13 bits per heavy atom. The van der Waals surface area contributed by atoms with Crippen molar-refractivity contribution in [1.29, 1.82) is 0 Å². The van der Waals surface area contributed by atoms with Gasteiger partial charge in [0.15, 0.2) is 0 Å². The molecule has 1 aromatic rings. The third-order valence-corrected chi connectivity index (χ3v) is 2.48. The minimum atomic E-state index is 0.743. The van der Waals surface area contributed by atoms with Crippen molar-refractivity contribution in [2.45, 2.75) is 40.0 Å². The van der Waals surface area contributed by atoms with E-state index in [9.17, 15) is 0 Å². The summed E-state index contributed by atoms with van der Waals surface area (Å²) in [7, 11) is 0. The summed E-state index contributed by atoms with van der Waals surface area (Å²) < 4.78 is 5.40. The van der Waals surface area contributed by atoms with Crippen molar-refractivity contribution >= 4 is 0 Å². The van der Waals surface area contributed by atoms with Gasteiger partial charge in [-0.15, -0.1) is 0 Å². The molecule has 0 saturated heterocycles. The summed E-state index contributed by atoms with van der Waals surface area (Å²) in [5.41, 5.74) is 1.42. The molecule has 0 heterocycles. The lowest BCUT2D eigenvalue weighted by atomic mass is 10.0. The first kappa shape index (κ1) is 12.1. The molecule has 0 fully saturated rings. The molecule has 0 amide bonds. The van der Waals surface area contributed by atoms with Crippen LogP contribution in [0.15, 0.2) is 24.3 Å². The van der Waals surface area contributed by atoms with Crippen molar-refractivity contribution in [1.82, 2.24) is 0 Å². The highest BCUT2D eigenvalue weighted by Gasteiger charge is 1.97. The van der Waals surface area contributed by atoms with Crippen LogP contribution < -0.4 is 4.74 Å². The van der Waals surface area contributed by atoms with Gasteiger partial charge >= 0.3 is 0 Å². The molecule has 0 aliphatic rings. The largest absolute Gasteiger partial charge is 0.494 e. The predicted molar refractivity (Wildman–Crippen MR) is 65.4 cm³/mol. The quantitative estimate of drug-likeness (QED) is 0.682. The van der Waals surface area contributed by atoms with Crippen LogP contribution in [0, 0.1) is 5.92 Å². The molecule has 1 rings (SSSR count).